The summed E-state index contributed by atoms with van der Waals surface area (Å²) in [5.41, 5.74) is 4.18. The number of nitrogens with one attached hydrogen (secondary N) is 1. The molecule has 1 amide bonds. The van der Waals surface area contributed by atoms with Crippen molar-refractivity contribution in [2.45, 2.75) is 13.5 Å². The molecule has 2 aromatic heterocycles. The van der Waals surface area contributed by atoms with Crippen LogP contribution in [0.15, 0.2) is 79.0 Å². The Morgan fingerprint density at radius 1 is 0.971 bits per heavy atom. The van der Waals surface area contributed by atoms with Gasteiger partial charge in [-0.05, 0) is 43.3 Å². The third kappa shape index (κ3) is 4.10. The van der Waals surface area contributed by atoms with Gasteiger partial charge in [-0.3, -0.25) is 10.1 Å². The van der Waals surface area contributed by atoms with Gasteiger partial charge in [0.2, 0.25) is 5.95 Å². The molecular formula is C27H25N5O3. The van der Waals surface area contributed by atoms with Crippen molar-refractivity contribution in [1.29, 1.82) is 0 Å². The molecule has 0 aliphatic carbocycles. The molecule has 0 saturated carbocycles. The van der Waals surface area contributed by atoms with Crippen molar-refractivity contribution in [2.75, 3.05) is 19.5 Å². The Bertz CT molecular complexity index is 1500. The van der Waals surface area contributed by atoms with E-state index in [1.54, 1.807) is 31.2 Å². The van der Waals surface area contributed by atoms with Crippen LogP contribution in [0.1, 0.15) is 17.3 Å². The molecule has 3 aromatic carbocycles. The lowest BCUT2D eigenvalue weighted by atomic mass is 10.1. The zero-order valence-corrected chi connectivity index (χ0v) is 19.7. The number of nitrogens with zero attached hydrogens (tertiary/aromatic N) is 4. The van der Waals surface area contributed by atoms with E-state index in [1.165, 1.54) is 0 Å². The number of imidazole rings is 1. The van der Waals surface area contributed by atoms with Crippen LogP contribution in [0.5, 0.6) is 11.5 Å². The van der Waals surface area contributed by atoms with E-state index in [1.807, 2.05) is 78.2 Å². The highest BCUT2D eigenvalue weighted by Gasteiger charge is 2.23. The molecule has 0 spiro atoms. The molecule has 8 heteroatoms. The Morgan fingerprint density at radius 2 is 1.74 bits per heavy atom. The minimum Gasteiger partial charge on any atom is -0.497 e. The third-order valence-corrected chi connectivity index (χ3v) is 5.84. The molecule has 8 nitrogen and oxygen atoms in total. The van der Waals surface area contributed by atoms with Crippen LogP contribution in [0.25, 0.3) is 28.0 Å². The second-order valence-electron chi connectivity index (χ2n) is 7.86. The van der Waals surface area contributed by atoms with E-state index in [0.717, 1.165) is 16.7 Å². The molecule has 0 aliphatic rings. The number of amides is 1. The SMILES string of the molecule is CCn1c(NC(=O)c2cn(-c3ccccc3)nc2-c2ccc(OC)cc2OC)nc2ccccc21. The van der Waals surface area contributed by atoms with Gasteiger partial charge in [-0.25, -0.2) is 9.67 Å². The molecule has 0 saturated heterocycles. The smallest absolute Gasteiger partial charge is 0.261 e. The summed E-state index contributed by atoms with van der Waals surface area (Å²) in [5.74, 6) is 1.37. The van der Waals surface area contributed by atoms with Crippen molar-refractivity contribution in [1.82, 2.24) is 19.3 Å². The summed E-state index contributed by atoms with van der Waals surface area (Å²) in [6, 6.07) is 22.9. The third-order valence-electron chi connectivity index (χ3n) is 5.84. The molecule has 1 N–H and O–H groups in total. The maximum atomic E-state index is 13.6. The second kappa shape index (κ2) is 9.34. The number of fused-ring (bicyclic) bond motifs is 1. The summed E-state index contributed by atoms with van der Waals surface area (Å²) in [6.45, 7) is 2.68. The van der Waals surface area contributed by atoms with Crippen LogP contribution in [0, 0.1) is 0 Å². The van der Waals surface area contributed by atoms with E-state index < -0.39 is 0 Å². The number of para-hydroxylation sites is 3. The van der Waals surface area contributed by atoms with Crippen molar-refractivity contribution >= 4 is 22.9 Å². The zero-order chi connectivity index (χ0) is 24.4. The fraction of sp³-hybridized carbons (Fsp3) is 0.148. The highest BCUT2D eigenvalue weighted by atomic mass is 16.5. The highest BCUT2D eigenvalue weighted by Crippen LogP contribution is 2.35. The maximum absolute atomic E-state index is 13.6. The van der Waals surface area contributed by atoms with Crippen LogP contribution >= 0.6 is 0 Å². The minimum absolute atomic E-state index is 0.315. The van der Waals surface area contributed by atoms with Crippen molar-refractivity contribution in [3.63, 3.8) is 0 Å². The standard InChI is InChI=1S/C27H25N5O3/c1-4-31-23-13-9-8-12-22(23)28-27(31)29-26(33)21-17-32(18-10-6-5-7-11-18)30-25(21)20-15-14-19(34-2)16-24(20)35-3/h5-17H,4H2,1-3H3,(H,28,29,33). The first-order valence-electron chi connectivity index (χ1n) is 11.3. The van der Waals surface area contributed by atoms with Gasteiger partial charge in [0, 0.05) is 24.4 Å². The molecule has 0 radical (unpaired) electrons. The van der Waals surface area contributed by atoms with E-state index in [0.29, 0.717) is 40.8 Å². The van der Waals surface area contributed by atoms with Gasteiger partial charge in [-0.15, -0.1) is 0 Å². The largest absolute Gasteiger partial charge is 0.497 e. The van der Waals surface area contributed by atoms with Crippen LogP contribution in [-0.4, -0.2) is 39.5 Å². The van der Waals surface area contributed by atoms with Crippen molar-refractivity contribution in [3.05, 3.63) is 84.6 Å². The first-order chi connectivity index (χ1) is 17.1. The number of carbonyl (C=O) groups is 1. The van der Waals surface area contributed by atoms with Crippen LogP contribution in [-0.2, 0) is 6.54 Å². The van der Waals surface area contributed by atoms with Gasteiger partial charge in [-0.2, -0.15) is 5.10 Å². The number of aromatic nitrogens is 4. The van der Waals surface area contributed by atoms with Gasteiger partial charge < -0.3 is 14.0 Å². The van der Waals surface area contributed by atoms with Gasteiger partial charge in [0.1, 0.15) is 17.2 Å². The van der Waals surface area contributed by atoms with E-state index in [2.05, 4.69) is 10.3 Å². The topological polar surface area (TPSA) is 83.2 Å². The molecule has 0 aliphatic heterocycles. The predicted octanol–water partition coefficient (Wildman–Crippen LogP) is 5.18. The molecule has 0 unspecified atom stereocenters. The Balaban J connectivity index is 1.62. The van der Waals surface area contributed by atoms with E-state index in [4.69, 9.17) is 14.6 Å². The van der Waals surface area contributed by atoms with E-state index in [-0.39, 0.29) is 5.91 Å². The molecule has 2 heterocycles. The molecule has 0 atom stereocenters. The Hall–Kier alpha value is -4.59. The number of rotatable bonds is 7. The van der Waals surface area contributed by atoms with Crippen LogP contribution in [0.3, 0.4) is 0 Å². The summed E-state index contributed by atoms with van der Waals surface area (Å²) in [4.78, 5) is 18.3. The molecular weight excluding hydrogens is 442 g/mol. The van der Waals surface area contributed by atoms with Crippen LogP contribution in [0.2, 0.25) is 0 Å². The van der Waals surface area contributed by atoms with Crippen molar-refractivity contribution < 1.29 is 14.3 Å². The molecule has 5 rings (SSSR count). The number of methoxy groups -OCH3 is 2. The number of ether oxygens (including phenoxy) is 2. The summed E-state index contributed by atoms with van der Waals surface area (Å²) >= 11 is 0. The summed E-state index contributed by atoms with van der Waals surface area (Å²) in [6.07, 6.45) is 1.72. The average Bonchev–Trinajstić information content (AvgIpc) is 3.50. The zero-order valence-electron chi connectivity index (χ0n) is 19.7. The number of carbonyl (C=O) groups excluding carboxylic acids is 1. The first-order valence-corrected chi connectivity index (χ1v) is 11.3. The van der Waals surface area contributed by atoms with Gasteiger partial charge in [-0.1, -0.05) is 30.3 Å². The Morgan fingerprint density at radius 3 is 2.49 bits per heavy atom. The maximum Gasteiger partial charge on any atom is 0.261 e. The van der Waals surface area contributed by atoms with Gasteiger partial charge in [0.05, 0.1) is 36.5 Å². The molecule has 0 fully saturated rings. The Labute approximate surface area is 202 Å². The normalized spacial score (nSPS) is 10.9. The predicted molar refractivity (Wildman–Crippen MR) is 135 cm³/mol. The fourth-order valence-electron chi connectivity index (χ4n) is 4.11. The summed E-state index contributed by atoms with van der Waals surface area (Å²) in [7, 11) is 3.17. The average molecular weight is 468 g/mol. The lowest BCUT2D eigenvalue weighted by Crippen LogP contribution is -2.16. The van der Waals surface area contributed by atoms with E-state index in [9.17, 15) is 4.79 Å². The van der Waals surface area contributed by atoms with Crippen molar-refractivity contribution in [3.8, 4) is 28.4 Å². The number of hydrogen-bond donors (Lipinski definition) is 1. The van der Waals surface area contributed by atoms with E-state index >= 15 is 0 Å². The van der Waals surface area contributed by atoms with Gasteiger partial charge in [0.25, 0.3) is 5.91 Å². The first kappa shape index (κ1) is 22.2. The fourth-order valence-corrected chi connectivity index (χ4v) is 4.11. The number of anilines is 1. The lowest BCUT2D eigenvalue weighted by Gasteiger charge is -2.11. The van der Waals surface area contributed by atoms with Crippen LogP contribution < -0.4 is 14.8 Å². The minimum atomic E-state index is -0.315. The quantitative estimate of drug-likeness (QED) is 0.357. The molecule has 35 heavy (non-hydrogen) atoms. The Kier molecular flexibility index (Phi) is 5.93. The monoisotopic (exact) mass is 467 g/mol. The molecule has 176 valence electrons. The van der Waals surface area contributed by atoms with Crippen LogP contribution in [0.4, 0.5) is 5.95 Å². The highest BCUT2D eigenvalue weighted by molar-refractivity contribution is 6.08. The number of benzene rings is 3. The lowest BCUT2D eigenvalue weighted by molar-refractivity contribution is 0.102. The van der Waals surface area contributed by atoms with Gasteiger partial charge >= 0.3 is 0 Å². The molecule has 5 aromatic rings. The number of hydrogen-bond acceptors (Lipinski definition) is 5. The van der Waals surface area contributed by atoms with Gasteiger partial charge in [0.15, 0.2) is 0 Å². The van der Waals surface area contributed by atoms with Crippen molar-refractivity contribution in [2.24, 2.45) is 0 Å². The number of aryl methyl sites for hydroxylation is 1. The molecule has 0 bridgehead atoms. The summed E-state index contributed by atoms with van der Waals surface area (Å²) in [5, 5.41) is 7.77. The summed E-state index contributed by atoms with van der Waals surface area (Å²) < 4.78 is 14.6. The second-order valence-corrected chi connectivity index (χ2v) is 7.86.